The summed E-state index contributed by atoms with van der Waals surface area (Å²) in [6.07, 6.45) is 3.37. The van der Waals surface area contributed by atoms with Crippen molar-refractivity contribution < 1.29 is 0 Å². The van der Waals surface area contributed by atoms with Gasteiger partial charge in [0.05, 0.1) is 11.0 Å². The predicted octanol–water partition coefficient (Wildman–Crippen LogP) is 1.51. The van der Waals surface area contributed by atoms with Gasteiger partial charge in [0.15, 0.2) is 0 Å². The predicted molar refractivity (Wildman–Crippen MR) is 54.7 cm³/mol. The number of halogens is 1. The lowest BCUT2D eigenvalue weighted by Crippen LogP contribution is -1.98. The van der Waals surface area contributed by atoms with E-state index in [1.165, 1.54) is 0 Å². The van der Waals surface area contributed by atoms with Gasteiger partial charge in [-0.1, -0.05) is 12.1 Å². The number of fused-ring (bicyclic) bond motifs is 1. The molecule has 0 amide bonds. The van der Waals surface area contributed by atoms with E-state index in [-0.39, 0.29) is 12.4 Å². The van der Waals surface area contributed by atoms with Gasteiger partial charge in [-0.25, -0.2) is 0 Å². The minimum absolute atomic E-state index is 0. The van der Waals surface area contributed by atoms with Crippen LogP contribution in [0.3, 0.4) is 0 Å². The second-order valence-corrected chi connectivity index (χ2v) is 2.55. The van der Waals surface area contributed by atoms with Crippen molar-refractivity contribution >= 4 is 23.4 Å². The first kappa shape index (κ1) is 9.89. The first-order valence-corrected chi connectivity index (χ1v) is 3.80. The molecule has 2 aromatic rings. The summed E-state index contributed by atoms with van der Waals surface area (Å²) in [5.74, 6) is 0. The molecule has 1 heterocycles. The smallest absolute Gasteiger partial charge is 0.0931 e. The number of aromatic nitrogens is 2. The molecule has 4 heteroatoms. The quantitative estimate of drug-likeness (QED) is 0.751. The van der Waals surface area contributed by atoms with Crippen LogP contribution in [0.25, 0.3) is 11.0 Å². The summed E-state index contributed by atoms with van der Waals surface area (Å²) >= 11 is 0. The van der Waals surface area contributed by atoms with Crippen molar-refractivity contribution in [3.05, 3.63) is 36.2 Å². The van der Waals surface area contributed by atoms with Crippen molar-refractivity contribution in [3.63, 3.8) is 0 Å². The second kappa shape index (κ2) is 4.16. The lowest BCUT2D eigenvalue weighted by atomic mass is 10.2. The van der Waals surface area contributed by atoms with E-state index in [2.05, 4.69) is 9.97 Å². The van der Waals surface area contributed by atoms with Crippen molar-refractivity contribution in [1.29, 1.82) is 0 Å². The largest absolute Gasteiger partial charge is 0.326 e. The van der Waals surface area contributed by atoms with Crippen molar-refractivity contribution in [3.8, 4) is 0 Å². The second-order valence-electron chi connectivity index (χ2n) is 2.55. The zero-order chi connectivity index (χ0) is 8.39. The average molecular weight is 196 g/mol. The maximum atomic E-state index is 5.55. The molecule has 3 nitrogen and oxygen atoms in total. The maximum absolute atomic E-state index is 5.55. The van der Waals surface area contributed by atoms with Gasteiger partial charge in [0.1, 0.15) is 0 Å². The lowest BCUT2D eigenvalue weighted by Gasteiger charge is -2.00. The minimum atomic E-state index is 0. The van der Waals surface area contributed by atoms with Gasteiger partial charge in [0.25, 0.3) is 0 Å². The number of para-hydroxylation sites is 1. The molecule has 0 saturated heterocycles. The third-order valence-electron chi connectivity index (χ3n) is 1.80. The molecule has 0 fully saturated rings. The number of benzene rings is 1. The van der Waals surface area contributed by atoms with E-state index >= 15 is 0 Å². The van der Waals surface area contributed by atoms with Crippen LogP contribution in [-0.4, -0.2) is 9.97 Å². The Hall–Kier alpha value is -1.19. The summed E-state index contributed by atoms with van der Waals surface area (Å²) in [5.41, 5.74) is 8.40. The van der Waals surface area contributed by atoms with Gasteiger partial charge in [-0.15, -0.1) is 12.4 Å². The Morgan fingerprint density at radius 2 is 1.92 bits per heavy atom. The minimum Gasteiger partial charge on any atom is -0.326 e. The number of nitrogens with two attached hydrogens (primary N) is 1. The zero-order valence-electron chi connectivity index (χ0n) is 6.97. The van der Waals surface area contributed by atoms with E-state index in [0.29, 0.717) is 6.54 Å². The normalized spacial score (nSPS) is 9.62. The van der Waals surface area contributed by atoms with Crippen LogP contribution in [-0.2, 0) is 6.54 Å². The van der Waals surface area contributed by atoms with Gasteiger partial charge in [0, 0.05) is 18.9 Å². The molecule has 0 aliphatic heterocycles. The van der Waals surface area contributed by atoms with Crippen molar-refractivity contribution in [2.45, 2.75) is 6.54 Å². The molecule has 13 heavy (non-hydrogen) atoms. The van der Waals surface area contributed by atoms with Crippen LogP contribution in [0.1, 0.15) is 5.56 Å². The highest BCUT2D eigenvalue weighted by atomic mass is 35.5. The van der Waals surface area contributed by atoms with E-state index in [4.69, 9.17) is 5.73 Å². The van der Waals surface area contributed by atoms with Gasteiger partial charge in [-0.3, -0.25) is 9.97 Å². The molecule has 1 aromatic carbocycles. The van der Waals surface area contributed by atoms with Crippen molar-refractivity contribution in [2.24, 2.45) is 5.73 Å². The molecular weight excluding hydrogens is 186 g/mol. The first-order valence-electron chi connectivity index (χ1n) is 3.80. The summed E-state index contributed by atoms with van der Waals surface area (Å²) in [4.78, 5) is 8.38. The highest BCUT2D eigenvalue weighted by Crippen LogP contribution is 2.12. The molecular formula is C9H10ClN3. The molecule has 0 spiro atoms. The van der Waals surface area contributed by atoms with E-state index in [0.717, 1.165) is 16.6 Å². The van der Waals surface area contributed by atoms with Crippen LogP contribution in [0.4, 0.5) is 0 Å². The average Bonchev–Trinajstić information content (AvgIpc) is 2.17. The Bertz CT molecular complexity index is 397. The fourth-order valence-corrected chi connectivity index (χ4v) is 1.22. The summed E-state index contributed by atoms with van der Waals surface area (Å²) in [6.45, 7) is 0.510. The molecule has 1 aromatic heterocycles. The van der Waals surface area contributed by atoms with Crippen LogP contribution >= 0.6 is 12.4 Å². The molecule has 0 bridgehead atoms. The molecule has 0 unspecified atom stereocenters. The first-order chi connectivity index (χ1) is 5.92. The molecule has 0 saturated carbocycles. The van der Waals surface area contributed by atoms with Crippen LogP contribution in [0.2, 0.25) is 0 Å². The fourth-order valence-electron chi connectivity index (χ4n) is 1.22. The van der Waals surface area contributed by atoms with Gasteiger partial charge in [0.2, 0.25) is 0 Å². The SMILES string of the molecule is Cl.NCc1cccc2nccnc12. The van der Waals surface area contributed by atoms with E-state index < -0.39 is 0 Å². The number of hydrogen-bond acceptors (Lipinski definition) is 3. The van der Waals surface area contributed by atoms with Crippen LogP contribution in [0, 0.1) is 0 Å². The standard InChI is InChI=1S/C9H9N3.ClH/c10-6-7-2-1-3-8-9(7)12-5-4-11-8;/h1-5H,6,10H2;1H. The highest BCUT2D eigenvalue weighted by Gasteiger charge is 1.98. The summed E-state index contributed by atoms with van der Waals surface area (Å²) in [7, 11) is 0. The van der Waals surface area contributed by atoms with E-state index in [9.17, 15) is 0 Å². The third kappa shape index (κ3) is 1.76. The Kier molecular flexibility index (Phi) is 3.17. The van der Waals surface area contributed by atoms with Gasteiger partial charge >= 0.3 is 0 Å². The summed E-state index contributed by atoms with van der Waals surface area (Å²) in [5, 5.41) is 0. The topological polar surface area (TPSA) is 51.8 Å². The molecule has 2 rings (SSSR count). The van der Waals surface area contributed by atoms with Gasteiger partial charge in [-0.2, -0.15) is 0 Å². The van der Waals surface area contributed by atoms with Gasteiger partial charge < -0.3 is 5.73 Å². The summed E-state index contributed by atoms with van der Waals surface area (Å²) in [6, 6.07) is 5.84. The molecule has 0 radical (unpaired) electrons. The zero-order valence-corrected chi connectivity index (χ0v) is 7.79. The molecule has 0 atom stereocenters. The molecule has 2 N–H and O–H groups in total. The van der Waals surface area contributed by atoms with Crippen molar-refractivity contribution in [2.75, 3.05) is 0 Å². The number of nitrogens with zero attached hydrogens (tertiary/aromatic N) is 2. The van der Waals surface area contributed by atoms with Gasteiger partial charge in [-0.05, 0) is 11.6 Å². The molecule has 0 aliphatic rings. The summed E-state index contributed by atoms with van der Waals surface area (Å²) < 4.78 is 0. The maximum Gasteiger partial charge on any atom is 0.0931 e. The molecule has 0 aliphatic carbocycles. The number of hydrogen-bond donors (Lipinski definition) is 1. The Balaban J connectivity index is 0.000000845. The van der Waals surface area contributed by atoms with E-state index in [1.807, 2.05) is 18.2 Å². The van der Waals surface area contributed by atoms with Crippen LogP contribution < -0.4 is 5.73 Å². The monoisotopic (exact) mass is 195 g/mol. The van der Waals surface area contributed by atoms with Crippen LogP contribution in [0.5, 0.6) is 0 Å². The van der Waals surface area contributed by atoms with Crippen molar-refractivity contribution in [1.82, 2.24) is 9.97 Å². The van der Waals surface area contributed by atoms with E-state index in [1.54, 1.807) is 12.4 Å². The van der Waals surface area contributed by atoms with Crippen LogP contribution in [0.15, 0.2) is 30.6 Å². The fraction of sp³-hybridized carbons (Fsp3) is 0.111. The third-order valence-corrected chi connectivity index (χ3v) is 1.80. The number of rotatable bonds is 1. The lowest BCUT2D eigenvalue weighted by molar-refractivity contribution is 1.07. The molecule has 68 valence electrons. The Labute approximate surface area is 82.4 Å². The highest BCUT2D eigenvalue weighted by molar-refractivity contribution is 5.85. The Morgan fingerprint density at radius 3 is 2.69 bits per heavy atom. The Morgan fingerprint density at radius 1 is 1.15 bits per heavy atom.